The van der Waals surface area contributed by atoms with Crippen molar-refractivity contribution >= 4 is 43.9 Å². The molecule has 0 saturated carbocycles. The van der Waals surface area contributed by atoms with Crippen molar-refractivity contribution in [2.45, 2.75) is 6.92 Å². The molecule has 8 heteroatoms. The van der Waals surface area contributed by atoms with Crippen LogP contribution in [0.3, 0.4) is 0 Å². The fourth-order valence-electron chi connectivity index (χ4n) is 2.20. The van der Waals surface area contributed by atoms with Crippen LogP contribution in [-0.2, 0) is 0 Å². The van der Waals surface area contributed by atoms with Gasteiger partial charge in [0.15, 0.2) is 11.6 Å². The molecule has 0 amide bonds. The van der Waals surface area contributed by atoms with E-state index in [9.17, 15) is 9.50 Å². The molecule has 26 heavy (non-hydrogen) atoms. The van der Waals surface area contributed by atoms with Gasteiger partial charge in [0.05, 0.1) is 16.3 Å². The quantitative estimate of drug-likeness (QED) is 0.395. The molecule has 0 bridgehead atoms. The van der Waals surface area contributed by atoms with Crippen LogP contribution in [0.15, 0.2) is 56.5 Å². The Morgan fingerprint density at radius 2 is 1.85 bits per heavy atom. The van der Waals surface area contributed by atoms with Gasteiger partial charge in [0, 0.05) is 16.2 Å². The first-order valence-corrected chi connectivity index (χ1v) is 9.09. The van der Waals surface area contributed by atoms with Gasteiger partial charge in [0.25, 0.3) is 0 Å². The fourth-order valence-corrected chi connectivity index (χ4v) is 3.43. The van der Waals surface area contributed by atoms with E-state index in [0.717, 1.165) is 10.0 Å². The minimum Gasteiger partial charge on any atom is -0.506 e. The van der Waals surface area contributed by atoms with Gasteiger partial charge in [-0.25, -0.2) is 14.4 Å². The minimum absolute atomic E-state index is 0.0552. The summed E-state index contributed by atoms with van der Waals surface area (Å²) in [5.74, 6) is 0.594. The number of nitrogens with zero attached hydrogens (tertiary/aromatic N) is 3. The lowest BCUT2D eigenvalue weighted by molar-refractivity contribution is 0.473. The number of hydrogen-bond donors (Lipinski definition) is 2. The fraction of sp³-hybridized carbons (Fsp3) is 0.0556. The van der Waals surface area contributed by atoms with Gasteiger partial charge in [-0.3, -0.25) is 5.43 Å². The number of phenols is 1. The number of nitrogens with one attached hydrogen (secondary N) is 1. The van der Waals surface area contributed by atoms with Crippen LogP contribution in [0.5, 0.6) is 5.75 Å². The zero-order valence-electron chi connectivity index (χ0n) is 13.5. The second kappa shape index (κ2) is 7.92. The lowest BCUT2D eigenvalue weighted by Crippen LogP contribution is -1.99. The maximum absolute atomic E-state index is 12.9. The zero-order valence-corrected chi connectivity index (χ0v) is 16.7. The Morgan fingerprint density at radius 3 is 2.58 bits per heavy atom. The van der Waals surface area contributed by atoms with Crippen molar-refractivity contribution in [2.24, 2.45) is 5.10 Å². The van der Waals surface area contributed by atoms with Crippen LogP contribution in [0, 0.1) is 12.7 Å². The zero-order chi connectivity index (χ0) is 18.7. The molecule has 0 saturated heterocycles. The van der Waals surface area contributed by atoms with Crippen molar-refractivity contribution < 1.29 is 9.50 Å². The lowest BCUT2D eigenvalue weighted by atomic mass is 10.2. The van der Waals surface area contributed by atoms with Crippen molar-refractivity contribution in [2.75, 3.05) is 5.43 Å². The molecule has 1 aromatic heterocycles. The van der Waals surface area contributed by atoms with Crippen LogP contribution >= 0.6 is 31.9 Å². The van der Waals surface area contributed by atoms with Gasteiger partial charge in [-0.2, -0.15) is 5.10 Å². The maximum Gasteiger partial charge on any atom is 0.165 e. The van der Waals surface area contributed by atoms with E-state index < -0.39 is 0 Å². The lowest BCUT2D eigenvalue weighted by Gasteiger charge is -2.09. The number of hydrogen-bond acceptors (Lipinski definition) is 5. The second-order valence-corrected chi connectivity index (χ2v) is 7.19. The average Bonchev–Trinajstić information content (AvgIpc) is 2.59. The Balaban J connectivity index is 1.87. The third-order valence-electron chi connectivity index (χ3n) is 3.39. The van der Waals surface area contributed by atoms with Crippen LogP contribution in [0.2, 0.25) is 0 Å². The third-order valence-corrected chi connectivity index (χ3v) is 4.45. The predicted octanol–water partition coefficient (Wildman–Crippen LogP) is 5.27. The largest absolute Gasteiger partial charge is 0.506 e. The van der Waals surface area contributed by atoms with Gasteiger partial charge < -0.3 is 5.11 Å². The van der Waals surface area contributed by atoms with E-state index in [-0.39, 0.29) is 11.6 Å². The third kappa shape index (κ3) is 4.44. The summed E-state index contributed by atoms with van der Waals surface area (Å²) in [5.41, 5.74) is 4.78. The van der Waals surface area contributed by atoms with Crippen molar-refractivity contribution in [3.05, 3.63) is 68.5 Å². The molecule has 2 aromatic carbocycles. The number of rotatable bonds is 4. The monoisotopic (exact) mass is 478 g/mol. The maximum atomic E-state index is 12.9. The van der Waals surface area contributed by atoms with E-state index >= 15 is 0 Å². The smallest absolute Gasteiger partial charge is 0.165 e. The Labute approximate surface area is 166 Å². The highest BCUT2D eigenvalue weighted by atomic mass is 79.9. The van der Waals surface area contributed by atoms with Gasteiger partial charge in [0.2, 0.25) is 0 Å². The molecule has 0 atom stereocenters. The molecular formula is C18H13Br2FN4O. The average molecular weight is 480 g/mol. The highest BCUT2D eigenvalue weighted by molar-refractivity contribution is 9.11. The highest BCUT2D eigenvalue weighted by Gasteiger charge is 2.13. The first-order chi connectivity index (χ1) is 12.4. The molecule has 0 unspecified atom stereocenters. The number of hydrazone groups is 1. The molecule has 0 aliphatic heterocycles. The molecule has 5 nitrogen and oxygen atoms in total. The van der Waals surface area contributed by atoms with E-state index in [2.05, 4.69) is 52.4 Å². The molecule has 3 aromatic rings. The van der Waals surface area contributed by atoms with Gasteiger partial charge >= 0.3 is 0 Å². The Hall–Kier alpha value is -2.32. The number of aryl methyl sites for hydroxylation is 1. The molecular weight excluding hydrogens is 467 g/mol. The van der Waals surface area contributed by atoms with Crippen LogP contribution < -0.4 is 5.43 Å². The first kappa shape index (κ1) is 18.5. The summed E-state index contributed by atoms with van der Waals surface area (Å²) in [6.45, 7) is 1.82. The highest BCUT2D eigenvalue weighted by Crippen LogP contribution is 2.37. The van der Waals surface area contributed by atoms with E-state index in [0.29, 0.717) is 27.4 Å². The van der Waals surface area contributed by atoms with Crippen molar-refractivity contribution in [1.29, 1.82) is 0 Å². The molecule has 0 spiro atoms. The van der Waals surface area contributed by atoms with Crippen LogP contribution in [0.4, 0.5) is 10.2 Å². The summed E-state index contributed by atoms with van der Waals surface area (Å²) < 4.78 is 14.2. The van der Waals surface area contributed by atoms with Crippen LogP contribution in [0.25, 0.3) is 11.4 Å². The molecule has 0 fully saturated rings. The van der Waals surface area contributed by atoms with Gasteiger partial charge in [-0.1, -0.05) is 28.1 Å². The van der Waals surface area contributed by atoms with Crippen molar-refractivity contribution in [1.82, 2.24) is 9.97 Å². The Bertz CT molecular complexity index is 978. The normalized spacial score (nSPS) is 11.1. The SMILES string of the molecule is Cc1cc(N/N=C/c2ccc(F)cc2)nc(-c2cc(Br)cc(Br)c2O)n1. The topological polar surface area (TPSA) is 70.4 Å². The molecule has 0 aliphatic carbocycles. The molecule has 2 N–H and O–H groups in total. The number of aromatic nitrogens is 2. The molecule has 132 valence electrons. The summed E-state index contributed by atoms with van der Waals surface area (Å²) >= 11 is 6.69. The number of halogens is 3. The molecule has 3 rings (SSSR count). The summed E-state index contributed by atoms with van der Waals surface area (Å²) in [6.07, 6.45) is 1.56. The Morgan fingerprint density at radius 1 is 1.12 bits per heavy atom. The first-order valence-electron chi connectivity index (χ1n) is 7.51. The van der Waals surface area contributed by atoms with E-state index in [1.165, 1.54) is 12.1 Å². The van der Waals surface area contributed by atoms with E-state index in [1.807, 2.05) is 6.92 Å². The predicted molar refractivity (Wildman–Crippen MR) is 107 cm³/mol. The van der Waals surface area contributed by atoms with Crippen molar-refractivity contribution in [3.63, 3.8) is 0 Å². The molecule has 1 heterocycles. The van der Waals surface area contributed by atoms with Gasteiger partial charge in [-0.05, 0) is 52.7 Å². The van der Waals surface area contributed by atoms with Crippen LogP contribution in [-0.4, -0.2) is 21.3 Å². The number of aromatic hydroxyl groups is 1. The standard InChI is InChI=1S/C18H13Br2FN4O/c1-10-6-16(25-22-9-11-2-4-13(21)5-3-11)24-18(23-10)14-7-12(19)8-15(20)17(14)26/h2-9,26H,1H3,(H,23,24,25)/b22-9+. The molecule has 0 aliphatic rings. The number of phenolic OH excluding ortho intramolecular Hbond substituents is 1. The van der Waals surface area contributed by atoms with Crippen molar-refractivity contribution in [3.8, 4) is 17.1 Å². The summed E-state index contributed by atoms with van der Waals surface area (Å²) in [7, 11) is 0. The Kier molecular flexibility index (Phi) is 5.63. The van der Waals surface area contributed by atoms with E-state index in [4.69, 9.17) is 0 Å². The summed E-state index contributed by atoms with van der Waals surface area (Å²) in [6, 6.07) is 11.2. The minimum atomic E-state index is -0.300. The number of anilines is 1. The number of benzene rings is 2. The van der Waals surface area contributed by atoms with Gasteiger partial charge in [-0.15, -0.1) is 0 Å². The second-order valence-electron chi connectivity index (χ2n) is 5.42. The summed E-state index contributed by atoms with van der Waals surface area (Å²) in [4.78, 5) is 8.77. The summed E-state index contributed by atoms with van der Waals surface area (Å²) in [5, 5.41) is 14.4. The van der Waals surface area contributed by atoms with E-state index in [1.54, 1.807) is 36.5 Å². The molecule has 0 radical (unpaired) electrons. The van der Waals surface area contributed by atoms with Gasteiger partial charge in [0.1, 0.15) is 11.6 Å². The van der Waals surface area contributed by atoms with Crippen LogP contribution in [0.1, 0.15) is 11.3 Å².